The average molecular weight is 434 g/mol. The Morgan fingerprint density at radius 2 is 1.41 bits per heavy atom. The standard InChI is InChI=1S/C29H41N.C2H6/c1-10-19-30(9)29(8,23-13-11-22(12-14-23)21(2)3)24-15-16-25-26(20-24)28(6,7)18-17-27(25,4)5;1-2/h11-16,20H,2,10,17-19H2,1,3-9H3;1-2H3. The highest BCUT2D eigenvalue weighted by atomic mass is 15.2. The van der Waals surface area contributed by atoms with E-state index in [9.17, 15) is 0 Å². The fourth-order valence-electron chi connectivity index (χ4n) is 5.14. The monoisotopic (exact) mass is 433 g/mol. The highest BCUT2D eigenvalue weighted by Gasteiger charge is 2.40. The first-order chi connectivity index (χ1) is 14.9. The predicted molar refractivity (Wildman–Crippen MR) is 144 cm³/mol. The quantitative estimate of drug-likeness (QED) is 0.440. The van der Waals surface area contributed by atoms with Crippen molar-refractivity contribution in [1.29, 1.82) is 0 Å². The van der Waals surface area contributed by atoms with E-state index >= 15 is 0 Å². The van der Waals surface area contributed by atoms with Gasteiger partial charge >= 0.3 is 0 Å². The highest BCUT2D eigenvalue weighted by Crippen LogP contribution is 2.47. The van der Waals surface area contributed by atoms with Gasteiger partial charge in [-0.05, 0) is 85.3 Å². The van der Waals surface area contributed by atoms with Gasteiger partial charge in [0, 0.05) is 0 Å². The highest BCUT2D eigenvalue weighted by molar-refractivity contribution is 5.62. The molecule has 1 atom stereocenters. The van der Waals surface area contributed by atoms with E-state index in [1.807, 2.05) is 13.8 Å². The fraction of sp³-hybridized carbons (Fsp3) is 0.548. The molecule has 0 fully saturated rings. The zero-order valence-corrected chi connectivity index (χ0v) is 22.5. The van der Waals surface area contributed by atoms with Crippen LogP contribution in [0.1, 0.15) is 109 Å². The van der Waals surface area contributed by atoms with Gasteiger partial charge in [0.2, 0.25) is 0 Å². The van der Waals surface area contributed by atoms with E-state index in [1.54, 1.807) is 0 Å². The normalized spacial score (nSPS) is 18.2. The summed E-state index contributed by atoms with van der Waals surface area (Å²) in [4.78, 5) is 2.52. The molecule has 2 aromatic rings. The van der Waals surface area contributed by atoms with Crippen molar-refractivity contribution in [3.63, 3.8) is 0 Å². The molecule has 1 nitrogen and oxygen atoms in total. The van der Waals surface area contributed by atoms with Crippen LogP contribution in [0.3, 0.4) is 0 Å². The second-order valence-corrected chi connectivity index (χ2v) is 10.9. The SMILES string of the molecule is C=C(C)c1ccc(C(C)(c2ccc3c(c2)C(C)(C)CCC3(C)C)N(C)CCC)cc1.CC. The zero-order valence-electron chi connectivity index (χ0n) is 22.5. The Morgan fingerprint density at radius 3 is 1.91 bits per heavy atom. The van der Waals surface area contributed by atoms with Crippen LogP contribution in [0.5, 0.6) is 0 Å². The summed E-state index contributed by atoms with van der Waals surface area (Å²) >= 11 is 0. The second-order valence-electron chi connectivity index (χ2n) is 10.9. The number of benzene rings is 2. The third kappa shape index (κ3) is 4.88. The lowest BCUT2D eigenvalue weighted by Gasteiger charge is -2.45. The van der Waals surface area contributed by atoms with Crippen LogP contribution in [-0.2, 0) is 16.4 Å². The van der Waals surface area contributed by atoms with Gasteiger partial charge in [0.15, 0.2) is 0 Å². The fourth-order valence-corrected chi connectivity index (χ4v) is 5.14. The molecule has 0 spiro atoms. The molecule has 0 aliphatic heterocycles. The van der Waals surface area contributed by atoms with Crippen molar-refractivity contribution in [2.24, 2.45) is 0 Å². The lowest BCUT2D eigenvalue weighted by molar-refractivity contribution is 0.178. The minimum Gasteiger partial charge on any atom is -0.293 e. The lowest BCUT2D eigenvalue weighted by atomic mass is 9.62. The summed E-state index contributed by atoms with van der Waals surface area (Å²) in [5, 5.41) is 0. The van der Waals surface area contributed by atoms with Gasteiger partial charge < -0.3 is 0 Å². The Hall–Kier alpha value is -1.86. The van der Waals surface area contributed by atoms with Gasteiger partial charge in [-0.25, -0.2) is 0 Å². The van der Waals surface area contributed by atoms with Crippen molar-refractivity contribution in [2.75, 3.05) is 13.6 Å². The van der Waals surface area contributed by atoms with Crippen LogP contribution in [0.4, 0.5) is 0 Å². The van der Waals surface area contributed by atoms with Gasteiger partial charge in [-0.3, -0.25) is 4.90 Å². The van der Waals surface area contributed by atoms with Gasteiger partial charge in [0.05, 0.1) is 5.54 Å². The zero-order chi connectivity index (χ0) is 24.3. The first-order valence-electron chi connectivity index (χ1n) is 12.6. The molecule has 2 aromatic carbocycles. The summed E-state index contributed by atoms with van der Waals surface area (Å²) in [7, 11) is 2.27. The van der Waals surface area contributed by atoms with Crippen LogP contribution >= 0.6 is 0 Å². The van der Waals surface area contributed by atoms with E-state index < -0.39 is 0 Å². The summed E-state index contributed by atoms with van der Waals surface area (Å²) in [6.07, 6.45) is 3.63. The van der Waals surface area contributed by atoms with Crippen molar-refractivity contribution in [2.45, 2.75) is 97.9 Å². The lowest BCUT2D eigenvalue weighted by Crippen LogP contribution is -2.43. The Labute approximate surface area is 198 Å². The van der Waals surface area contributed by atoms with Crippen LogP contribution in [0.2, 0.25) is 0 Å². The van der Waals surface area contributed by atoms with Crippen molar-refractivity contribution in [3.8, 4) is 0 Å². The Bertz CT molecular complexity index is 916. The molecule has 0 bridgehead atoms. The van der Waals surface area contributed by atoms with Crippen LogP contribution in [0, 0.1) is 0 Å². The summed E-state index contributed by atoms with van der Waals surface area (Å²) in [5.74, 6) is 0. The smallest absolute Gasteiger partial charge is 0.0684 e. The van der Waals surface area contributed by atoms with Gasteiger partial charge in [0.1, 0.15) is 0 Å². The van der Waals surface area contributed by atoms with Crippen molar-refractivity contribution in [1.82, 2.24) is 4.90 Å². The number of hydrogen-bond donors (Lipinski definition) is 0. The molecule has 1 aliphatic rings. The third-order valence-electron chi connectivity index (χ3n) is 7.68. The maximum absolute atomic E-state index is 4.11. The largest absolute Gasteiger partial charge is 0.293 e. The van der Waals surface area contributed by atoms with Crippen molar-refractivity contribution < 1.29 is 0 Å². The van der Waals surface area contributed by atoms with Gasteiger partial charge in [0.25, 0.3) is 0 Å². The maximum Gasteiger partial charge on any atom is 0.0684 e. The molecular formula is C31H47N. The van der Waals surface area contributed by atoms with E-state index in [1.165, 1.54) is 40.7 Å². The van der Waals surface area contributed by atoms with Crippen LogP contribution in [-0.4, -0.2) is 18.5 Å². The van der Waals surface area contributed by atoms with Crippen LogP contribution < -0.4 is 0 Å². The van der Waals surface area contributed by atoms with Gasteiger partial charge in [-0.15, -0.1) is 0 Å². The van der Waals surface area contributed by atoms with Gasteiger partial charge in [-0.2, -0.15) is 0 Å². The molecule has 0 heterocycles. The van der Waals surface area contributed by atoms with Crippen LogP contribution in [0.15, 0.2) is 49.0 Å². The molecule has 1 heteroatoms. The van der Waals surface area contributed by atoms with Crippen molar-refractivity contribution >= 4 is 5.57 Å². The molecule has 0 aromatic heterocycles. The summed E-state index contributed by atoms with van der Waals surface area (Å²) in [6.45, 7) is 25.5. The summed E-state index contributed by atoms with van der Waals surface area (Å²) in [5.41, 5.74) is 8.42. The van der Waals surface area contributed by atoms with E-state index in [0.29, 0.717) is 0 Å². The molecule has 176 valence electrons. The second kappa shape index (κ2) is 9.96. The van der Waals surface area contributed by atoms with E-state index in [2.05, 4.69) is 109 Å². The van der Waals surface area contributed by atoms with E-state index in [0.717, 1.165) is 18.5 Å². The van der Waals surface area contributed by atoms with E-state index in [-0.39, 0.29) is 16.4 Å². The Kier molecular flexibility index (Phi) is 8.21. The first-order valence-corrected chi connectivity index (χ1v) is 12.6. The molecule has 0 saturated carbocycles. The summed E-state index contributed by atoms with van der Waals surface area (Å²) in [6, 6.07) is 16.4. The molecule has 0 saturated heterocycles. The minimum atomic E-state index is -0.170. The molecule has 0 N–H and O–H groups in total. The molecule has 1 aliphatic carbocycles. The van der Waals surface area contributed by atoms with Gasteiger partial charge in [-0.1, -0.05) is 103 Å². The topological polar surface area (TPSA) is 3.24 Å². The van der Waals surface area contributed by atoms with Crippen LogP contribution in [0.25, 0.3) is 5.57 Å². The number of rotatable bonds is 6. The van der Waals surface area contributed by atoms with Crippen molar-refractivity contribution in [3.05, 3.63) is 76.9 Å². The Balaban J connectivity index is 0.00000176. The molecular weight excluding hydrogens is 386 g/mol. The molecule has 0 radical (unpaired) electrons. The molecule has 1 unspecified atom stereocenters. The maximum atomic E-state index is 4.11. The minimum absolute atomic E-state index is 0.170. The Morgan fingerprint density at radius 1 is 0.906 bits per heavy atom. The number of hydrogen-bond acceptors (Lipinski definition) is 1. The number of fused-ring (bicyclic) bond motifs is 1. The predicted octanol–water partition coefficient (Wildman–Crippen LogP) is 8.70. The third-order valence-corrected chi connectivity index (χ3v) is 7.68. The number of allylic oxidation sites excluding steroid dienone is 1. The molecule has 32 heavy (non-hydrogen) atoms. The van der Waals surface area contributed by atoms with E-state index in [4.69, 9.17) is 0 Å². The molecule has 3 rings (SSSR count). The summed E-state index contributed by atoms with van der Waals surface area (Å²) < 4.78 is 0. The number of nitrogens with zero attached hydrogens (tertiary/aromatic N) is 1. The first kappa shape index (κ1) is 26.4. The molecule has 0 amide bonds. The average Bonchev–Trinajstić information content (AvgIpc) is 2.77.